The number of thioether (sulfide) groups is 1. The number of aliphatic hydroxyl groups excluding tert-OH is 1. The lowest BCUT2D eigenvalue weighted by Crippen LogP contribution is -2.41. The van der Waals surface area contributed by atoms with E-state index in [2.05, 4.69) is 11.8 Å². The first kappa shape index (κ1) is 15.8. The Morgan fingerprint density at radius 2 is 2.15 bits per heavy atom. The van der Waals surface area contributed by atoms with Gasteiger partial charge in [-0.15, -0.1) is 0 Å². The molecule has 3 nitrogen and oxygen atoms in total. The van der Waals surface area contributed by atoms with Crippen LogP contribution in [0, 0.1) is 0 Å². The molecule has 2 atom stereocenters. The minimum Gasteiger partial charge on any atom is -0.389 e. The van der Waals surface area contributed by atoms with Crippen molar-refractivity contribution in [2.24, 2.45) is 0 Å². The van der Waals surface area contributed by atoms with Gasteiger partial charge in [0.15, 0.2) is 0 Å². The van der Waals surface area contributed by atoms with Crippen LogP contribution in [0.5, 0.6) is 0 Å². The second-order valence-electron chi connectivity index (χ2n) is 5.40. The largest absolute Gasteiger partial charge is 0.389 e. The Balaban J connectivity index is 1.68. The van der Waals surface area contributed by atoms with Crippen LogP contribution in [-0.4, -0.2) is 53.4 Å². The number of hydrogen-bond acceptors (Lipinski definition) is 4. The third-order valence-electron chi connectivity index (χ3n) is 3.69. The van der Waals surface area contributed by atoms with E-state index in [1.54, 1.807) is 0 Å². The molecule has 0 aromatic heterocycles. The molecule has 20 heavy (non-hydrogen) atoms. The lowest BCUT2D eigenvalue weighted by Gasteiger charge is -2.28. The van der Waals surface area contributed by atoms with Crippen molar-refractivity contribution in [1.29, 1.82) is 0 Å². The molecule has 0 unspecified atom stereocenters. The van der Waals surface area contributed by atoms with Crippen molar-refractivity contribution in [3.05, 3.63) is 35.9 Å². The number of nitrogens with zero attached hydrogens (tertiary/aromatic N) is 1. The SMILES string of the molecule is C[C@H]1CCSCCN1C[C@H](O)COCc1ccccc1. The normalized spacial score (nSPS) is 22.4. The van der Waals surface area contributed by atoms with Gasteiger partial charge < -0.3 is 9.84 Å². The summed E-state index contributed by atoms with van der Waals surface area (Å²) in [6.45, 7) is 5.02. The summed E-state index contributed by atoms with van der Waals surface area (Å²) in [6, 6.07) is 10.7. The van der Waals surface area contributed by atoms with Crippen LogP contribution in [0.4, 0.5) is 0 Å². The highest BCUT2D eigenvalue weighted by Crippen LogP contribution is 2.16. The van der Waals surface area contributed by atoms with E-state index in [9.17, 15) is 5.11 Å². The molecule has 0 bridgehead atoms. The van der Waals surface area contributed by atoms with E-state index in [4.69, 9.17) is 4.74 Å². The number of β-amino-alcohol motifs (C(OH)–C–C–N with tert-alkyl or cyclic N) is 1. The molecule has 0 saturated carbocycles. The minimum absolute atomic E-state index is 0.399. The van der Waals surface area contributed by atoms with Gasteiger partial charge >= 0.3 is 0 Å². The van der Waals surface area contributed by atoms with Gasteiger partial charge in [0.05, 0.1) is 19.3 Å². The van der Waals surface area contributed by atoms with E-state index in [-0.39, 0.29) is 0 Å². The molecular weight excluding hydrogens is 270 g/mol. The van der Waals surface area contributed by atoms with Crippen molar-refractivity contribution < 1.29 is 9.84 Å². The van der Waals surface area contributed by atoms with Gasteiger partial charge in [-0.25, -0.2) is 0 Å². The Morgan fingerprint density at radius 1 is 1.35 bits per heavy atom. The van der Waals surface area contributed by atoms with E-state index in [0.717, 1.165) is 18.7 Å². The highest BCUT2D eigenvalue weighted by atomic mass is 32.2. The average molecular weight is 295 g/mol. The standard InChI is InChI=1S/C16H25NO2S/c1-14-7-9-20-10-8-17(14)11-16(18)13-19-12-15-5-3-2-4-6-15/h2-6,14,16,18H,7-13H2,1H3/t14-,16-/m0/s1. The molecule has 0 radical (unpaired) electrons. The second-order valence-corrected chi connectivity index (χ2v) is 6.62. The first-order valence-electron chi connectivity index (χ1n) is 7.37. The van der Waals surface area contributed by atoms with E-state index < -0.39 is 6.10 Å². The topological polar surface area (TPSA) is 32.7 Å². The van der Waals surface area contributed by atoms with E-state index in [1.165, 1.54) is 17.9 Å². The quantitative estimate of drug-likeness (QED) is 0.873. The minimum atomic E-state index is -0.399. The molecule has 2 rings (SSSR count). The van der Waals surface area contributed by atoms with E-state index >= 15 is 0 Å². The van der Waals surface area contributed by atoms with Gasteiger partial charge in [-0.2, -0.15) is 11.8 Å². The van der Waals surface area contributed by atoms with Gasteiger partial charge in [-0.1, -0.05) is 30.3 Å². The van der Waals surface area contributed by atoms with Crippen LogP contribution >= 0.6 is 11.8 Å². The molecule has 1 heterocycles. The number of ether oxygens (including phenoxy) is 1. The predicted molar refractivity (Wildman–Crippen MR) is 85.1 cm³/mol. The lowest BCUT2D eigenvalue weighted by atomic mass is 10.2. The van der Waals surface area contributed by atoms with E-state index in [1.807, 2.05) is 42.1 Å². The first-order valence-corrected chi connectivity index (χ1v) is 8.52. The lowest BCUT2D eigenvalue weighted by molar-refractivity contribution is 0.00495. The molecule has 0 aliphatic carbocycles. The third kappa shape index (κ3) is 5.44. The van der Waals surface area contributed by atoms with Crippen molar-refractivity contribution in [2.75, 3.05) is 31.2 Å². The zero-order valence-corrected chi connectivity index (χ0v) is 13.0. The monoisotopic (exact) mass is 295 g/mol. The molecule has 1 aliphatic heterocycles. The summed E-state index contributed by atoms with van der Waals surface area (Å²) in [5.41, 5.74) is 1.15. The van der Waals surface area contributed by atoms with Crippen LogP contribution in [0.2, 0.25) is 0 Å². The van der Waals surface area contributed by atoms with Gasteiger partial charge in [-0.3, -0.25) is 4.90 Å². The molecule has 0 spiro atoms. The van der Waals surface area contributed by atoms with Gasteiger partial charge in [0.1, 0.15) is 0 Å². The Bertz CT molecular complexity index is 374. The summed E-state index contributed by atoms with van der Waals surface area (Å²) in [6.07, 6.45) is 0.812. The maximum atomic E-state index is 10.1. The average Bonchev–Trinajstić information content (AvgIpc) is 2.65. The van der Waals surface area contributed by atoms with Crippen molar-refractivity contribution in [3.63, 3.8) is 0 Å². The van der Waals surface area contributed by atoms with Gasteiger partial charge in [0, 0.05) is 24.9 Å². The first-order chi connectivity index (χ1) is 9.75. The number of hydrogen-bond donors (Lipinski definition) is 1. The van der Waals surface area contributed by atoms with Gasteiger partial charge in [0.2, 0.25) is 0 Å². The molecule has 4 heteroatoms. The van der Waals surface area contributed by atoms with Crippen molar-refractivity contribution in [3.8, 4) is 0 Å². The summed E-state index contributed by atoms with van der Waals surface area (Å²) >= 11 is 2.01. The highest BCUT2D eigenvalue weighted by molar-refractivity contribution is 7.99. The summed E-state index contributed by atoms with van der Waals surface area (Å²) in [4.78, 5) is 2.39. The molecular formula is C16H25NO2S. The number of benzene rings is 1. The maximum absolute atomic E-state index is 10.1. The van der Waals surface area contributed by atoms with Crippen molar-refractivity contribution >= 4 is 11.8 Å². The molecule has 0 amide bonds. The molecule has 1 fully saturated rings. The van der Waals surface area contributed by atoms with Crippen molar-refractivity contribution in [2.45, 2.75) is 32.1 Å². The summed E-state index contributed by atoms with van der Waals surface area (Å²) in [5.74, 6) is 2.40. The number of aliphatic hydroxyl groups is 1. The van der Waals surface area contributed by atoms with Crippen LogP contribution in [0.15, 0.2) is 30.3 Å². The Kier molecular flexibility index (Phi) is 6.87. The predicted octanol–water partition coefficient (Wildman–Crippen LogP) is 2.39. The summed E-state index contributed by atoms with van der Waals surface area (Å²) in [7, 11) is 0. The maximum Gasteiger partial charge on any atom is 0.0900 e. The summed E-state index contributed by atoms with van der Waals surface area (Å²) < 4.78 is 5.61. The fourth-order valence-corrected chi connectivity index (χ4v) is 3.50. The number of rotatable bonds is 6. The van der Waals surface area contributed by atoms with Crippen LogP contribution in [0.25, 0.3) is 0 Å². The third-order valence-corrected chi connectivity index (χ3v) is 4.69. The van der Waals surface area contributed by atoms with E-state index in [0.29, 0.717) is 19.3 Å². The van der Waals surface area contributed by atoms with Gasteiger partial charge in [0.25, 0.3) is 0 Å². The molecule has 112 valence electrons. The molecule has 1 saturated heterocycles. The fourth-order valence-electron chi connectivity index (χ4n) is 2.42. The smallest absolute Gasteiger partial charge is 0.0900 e. The zero-order valence-electron chi connectivity index (χ0n) is 12.2. The summed E-state index contributed by atoms with van der Waals surface area (Å²) in [5, 5.41) is 10.1. The van der Waals surface area contributed by atoms with Crippen LogP contribution in [0.1, 0.15) is 18.9 Å². The van der Waals surface area contributed by atoms with Crippen LogP contribution in [0.3, 0.4) is 0 Å². The zero-order chi connectivity index (χ0) is 14.2. The van der Waals surface area contributed by atoms with Crippen LogP contribution < -0.4 is 0 Å². The molecule has 1 N–H and O–H groups in total. The second kappa shape index (κ2) is 8.67. The Hall–Kier alpha value is -0.550. The molecule has 1 aromatic rings. The van der Waals surface area contributed by atoms with Gasteiger partial charge in [-0.05, 0) is 24.7 Å². The molecule has 1 aromatic carbocycles. The van der Waals surface area contributed by atoms with Crippen LogP contribution in [-0.2, 0) is 11.3 Å². The van der Waals surface area contributed by atoms with Crippen molar-refractivity contribution in [1.82, 2.24) is 4.90 Å². The highest BCUT2D eigenvalue weighted by Gasteiger charge is 2.19. The fraction of sp³-hybridized carbons (Fsp3) is 0.625. The molecule has 1 aliphatic rings. The Morgan fingerprint density at radius 3 is 2.95 bits per heavy atom. The Labute approximate surface area is 126 Å².